The van der Waals surface area contributed by atoms with Crippen LogP contribution in [-0.4, -0.2) is 27.8 Å². The molecule has 0 fully saturated rings. The van der Waals surface area contributed by atoms with E-state index in [1.165, 1.54) is 6.33 Å². The largest absolute Gasteiger partial charge is 0.496 e. The van der Waals surface area contributed by atoms with Crippen LogP contribution in [0.2, 0.25) is 0 Å². The van der Waals surface area contributed by atoms with E-state index in [0.29, 0.717) is 12.4 Å². The summed E-state index contributed by atoms with van der Waals surface area (Å²) in [6, 6.07) is 17.9. The number of anilines is 1. The number of amides is 1. The molecule has 150 valence electrons. The molecule has 0 saturated heterocycles. The molecule has 0 saturated carbocycles. The van der Waals surface area contributed by atoms with Crippen LogP contribution in [0.3, 0.4) is 0 Å². The Hall–Kier alpha value is -3.15. The topological polar surface area (TPSA) is 60.2 Å². The van der Waals surface area contributed by atoms with Crippen LogP contribution in [-0.2, 0) is 4.79 Å². The molecule has 0 bridgehead atoms. The third-order valence-electron chi connectivity index (χ3n) is 5.37. The lowest BCUT2D eigenvalue weighted by Crippen LogP contribution is -2.47. The highest BCUT2D eigenvalue weighted by Gasteiger charge is 2.43. The molecule has 1 aromatic heterocycles. The monoisotopic (exact) mass is 390 g/mol. The van der Waals surface area contributed by atoms with E-state index in [-0.39, 0.29) is 18.0 Å². The van der Waals surface area contributed by atoms with E-state index < -0.39 is 5.41 Å². The number of benzene rings is 2. The van der Waals surface area contributed by atoms with E-state index in [0.717, 1.165) is 16.9 Å². The number of hydrogen-bond acceptors (Lipinski definition) is 4. The molecule has 2 atom stereocenters. The highest BCUT2D eigenvalue weighted by atomic mass is 16.5. The van der Waals surface area contributed by atoms with Gasteiger partial charge in [-0.05, 0) is 18.1 Å². The number of nitrogens with zero attached hydrogens (tertiary/aromatic N) is 4. The van der Waals surface area contributed by atoms with Gasteiger partial charge < -0.3 is 4.74 Å². The van der Waals surface area contributed by atoms with Gasteiger partial charge in [0.25, 0.3) is 0 Å². The Kier molecular flexibility index (Phi) is 4.86. The minimum atomic E-state index is -0.541. The molecule has 1 aliphatic heterocycles. The standard InChI is InChI=1S/C23H26N4O2/c1-23(2,3)21(28)26-18(16-10-6-5-7-11-16)14-19(27-22(26)24-15-25-27)17-12-8-9-13-20(17)29-4/h5-13,15,18-19H,14H2,1-4H3/t18-,19+/m1/s1. The predicted molar refractivity (Wildman–Crippen MR) is 112 cm³/mol. The van der Waals surface area contributed by atoms with Crippen LogP contribution in [0.1, 0.15) is 50.4 Å². The highest BCUT2D eigenvalue weighted by molar-refractivity contribution is 5.96. The number of ether oxygens (including phenoxy) is 1. The van der Waals surface area contributed by atoms with E-state index >= 15 is 0 Å². The van der Waals surface area contributed by atoms with Gasteiger partial charge >= 0.3 is 0 Å². The molecule has 2 aromatic carbocycles. The Morgan fingerprint density at radius 1 is 1.03 bits per heavy atom. The van der Waals surface area contributed by atoms with Gasteiger partial charge in [0.1, 0.15) is 12.1 Å². The molecule has 3 aromatic rings. The maximum atomic E-state index is 13.5. The Bertz CT molecular complexity index is 1010. The van der Waals surface area contributed by atoms with Crippen molar-refractivity contribution in [2.45, 2.75) is 39.3 Å². The summed E-state index contributed by atoms with van der Waals surface area (Å²) >= 11 is 0. The maximum absolute atomic E-state index is 13.5. The zero-order valence-electron chi connectivity index (χ0n) is 17.2. The number of rotatable bonds is 3. The summed E-state index contributed by atoms with van der Waals surface area (Å²) in [7, 11) is 1.67. The minimum absolute atomic E-state index is 0.0269. The Morgan fingerprint density at radius 2 is 1.72 bits per heavy atom. The van der Waals surface area contributed by atoms with Gasteiger partial charge in [0.2, 0.25) is 11.9 Å². The summed E-state index contributed by atoms with van der Waals surface area (Å²) in [5.41, 5.74) is 1.57. The zero-order chi connectivity index (χ0) is 20.6. The molecule has 0 radical (unpaired) electrons. The van der Waals surface area contributed by atoms with Gasteiger partial charge in [-0.3, -0.25) is 9.69 Å². The molecule has 0 unspecified atom stereocenters. The zero-order valence-corrected chi connectivity index (χ0v) is 17.2. The smallest absolute Gasteiger partial charge is 0.235 e. The van der Waals surface area contributed by atoms with Crippen molar-refractivity contribution in [3.05, 3.63) is 72.1 Å². The fourth-order valence-electron chi connectivity index (χ4n) is 3.95. The maximum Gasteiger partial charge on any atom is 0.235 e. The number of methoxy groups -OCH3 is 1. The number of hydrogen-bond donors (Lipinski definition) is 0. The molecule has 1 aliphatic rings. The molecular formula is C23H26N4O2. The van der Waals surface area contributed by atoms with Gasteiger partial charge in [0, 0.05) is 11.0 Å². The Labute approximate surface area is 171 Å². The summed E-state index contributed by atoms with van der Waals surface area (Å²) in [6.45, 7) is 5.80. The highest BCUT2D eigenvalue weighted by Crippen LogP contribution is 2.45. The number of carbonyl (C=O) groups is 1. The molecular weight excluding hydrogens is 364 g/mol. The van der Waals surface area contributed by atoms with Crippen LogP contribution >= 0.6 is 0 Å². The van der Waals surface area contributed by atoms with Crippen molar-refractivity contribution in [3.8, 4) is 5.75 Å². The fraction of sp³-hybridized carbons (Fsp3) is 0.348. The van der Waals surface area contributed by atoms with Crippen molar-refractivity contribution in [3.63, 3.8) is 0 Å². The number of carbonyl (C=O) groups excluding carboxylic acids is 1. The summed E-state index contributed by atoms with van der Waals surface area (Å²) < 4.78 is 7.47. The van der Waals surface area contributed by atoms with Crippen molar-refractivity contribution in [2.75, 3.05) is 12.0 Å². The van der Waals surface area contributed by atoms with Crippen LogP contribution in [0, 0.1) is 5.41 Å². The number of aromatic nitrogens is 3. The van der Waals surface area contributed by atoms with E-state index in [4.69, 9.17) is 4.74 Å². The quantitative estimate of drug-likeness (QED) is 0.665. The molecule has 0 aliphatic carbocycles. The second-order valence-electron chi connectivity index (χ2n) is 8.35. The van der Waals surface area contributed by atoms with E-state index in [9.17, 15) is 4.79 Å². The second kappa shape index (κ2) is 7.35. The van der Waals surface area contributed by atoms with Gasteiger partial charge in [0.05, 0.1) is 19.2 Å². The average molecular weight is 390 g/mol. The first kappa shape index (κ1) is 19.2. The summed E-state index contributed by atoms with van der Waals surface area (Å²) in [5, 5.41) is 4.49. The Morgan fingerprint density at radius 3 is 2.41 bits per heavy atom. The van der Waals surface area contributed by atoms with E-state index in [1.54, 1.807) is 7.11 Å². The second-order valence-corrected chi connectivity index (χ2v) is 8.35. The lowest BCUT2D eigenvalue weighted by Gasteiger charge is -2.41. The SMILES string of the molecule is COc1ccccc1[C@@H]1C[C@H](c2ccccc2)N(C(=O)C(C)(C)C)c2ncnn21. The predicted octanol–water partition coefficient (Wildman–Crippen LogP) is 4.40. The average Bonchev–Trinajstić information content (AvgIpc) is 3.21. The molecule has 0 N–H and O–H groups in total. The Balaban J connectivity index is 1.89. The van der Waals surface area contributed by atoms with Crippen LogP contribution in [0.25, 0.3) is 0 Å². The lowest BCUT2D eigenvalue weighted by atomic mass is 9.88. The van der Waals surface area contributed by atoms with E-state index in [2.05, 4.69) is 28.3 Å². The number of para-hydroxylation sites is 1. The molecule has 29 heavy (non-hydrogen) atoms. The summed E-state index contributed by atoms with van der Waals surface area (Å²) in [6.07, 6.45) is 2.20. The van der Waals surface area contributed by atoms with Crippen molar-refractivity contribution in [1.29, 1.82) is 0 Å². The van der Waals surface area contributed by atoms with Gasteiger partial charge in [-0.15, -0.1) is 0 Å². The third-order valence-corrected chi connectivity index (χ3v) is 5.37. The van der Waals surface area contributed by atoms with Crippen LogP contribution < -0.4 is 9.64 Å². The first-order chi connectivity index (χ1) is 13.9. The van der Waals surface area contributed by atoms with E-state index in [1.807, 2.05) is 66.8 Å². The lowest BCUT2D eigenvalue weighted by molar-refractivity contribution is -0.126. The normalized spacial score (nSPS) is 19.0. The van der Waals surface area contributed by atoms with Crippen molar-refractivity contribution in [2.24, 2.45) is 5.41 Å². The molecule has 6 nitrogen and oxygen atoms in total. The van der Waals surface area contributed by atoms with Crippen molar-refractivity contribution >= 4 is 11.9 Å². The fourth-order valence-corrected chi connectivity index (χ4v) is 3.95. The molecule has 2 heterocycles. The first-order valence-electron chi connectivity index (χ1n) is 9.83. The third kappa shape index (κ3) is 3.39. The first-order valence-corrected chi connectivity index (χ1v) is 9.83. The van der Waals surface area contributed by atoms with Crippen LogP contribution in [0.4, 0.5) is 5.95 Å². The number of fused-ring (bicyclic) bond motifs is 1. The minimum Gasteiger partial charge on any atom is -0.496 e. The molecule has 1 amide bonds. The summed E-state index contributed by atoms with van der Waals surface area (Å²) in [4.78, 5) is 19.8. The van der Waals surface area contributed by atoms with Gasteiger partial charge in [-0.25, -0.2) is 4.68 Å². The summed E-state index contributed by atoms with van der Waals surface area (Å²) in [5.74, 6) is 1.40. The molecule has 0 spiro atoms. The van der Waals surface area contributed by atoms with Gasteiger partial charge in [-0.1, -0.05) is 69.3 Å². The van der Waals surface area contributed by atoms with Crippen molar-refractivity contribution < 1.29 is 9.53 Å². The van der Waals surface area contributed by atoms with Crippen LogP contribution in [0.5, 0.6) is 5.75 Å². The molecule has 4 rings (SSSR count). The van der Waals surface area contributed by atoms with Gasteiger partial charge in [0.15, 0.2) is 0 Å². The van der Waals surface area contributed by atoms with Gasteiger partial charge in [-0.2, -0.15) is 10.1 Å². The van der Waals surface area contributed by atoms with Crippen LogP contribution in [0.15, 0.2) is 60.9 Å². The van der Waals surface area contributed by atoms with Crippen molar-refractivity contribution in [1.82, 2.24) is 14.8 Å². The molecule has 6 heteroatoms.